The van der Waals surface area contributed by atoms with Crippen LogP contribution in [-0.2, 0) is 0 Å². The molecule has 0 bridgehead atoms. The molecule has 3 heterocycles. The quantitative estimate of drug-likeness (QED) is 0.833. The second kappa shape index (κ2) is 3.97. The molecule has 1 aliphatic heterocycles. The Hall–Kier alpha value is -2.11. The van der Waals surface area contributed by atoms with Gasteiger partial charge in [-0.2, -0.15) is 0 Å². The zero-order chi connectivity index (χ0) is 12.7. The SMILES string of the molecule is Cc1nccn2c(C3CCCN3C(=O)O)ncc12. The van der Waals surface area contributed by atoms with Crippen molar-refractivity contribution in [2.75, 3.05) is 6.54 Å². The van der Waals surface area contributed by atoms with Crippen molar-refractivity contribution in [1.82, 2.24) is 19.3 Å². The van der Waals surface area contributed by atoms with E-state index in [4.69, 9.17) is 0 Å². The van der Waals surface area contributed by atoms with E-state index in [2.05, 4.69) is 9.97 Å². The largest absolute Gasteiger partial charge is 0.465 e. The molecule has 1 unspecified atom stereocenters. The van der Waals surface area contributed by atoms with E-state index in [0.717, 1.165) is 29.9 Å². The molecule has 1 saturated heterocycles. The Morgan fingerprint density at radius 3 is 3.11 bits per heavy atom. The van der Waals surface area contributed by atoms with Gasteiger partial charge in [-0.15, -0.1) is 0 Å². The van der Waals surface area contributed by atoms with Crippen LogP contribution in [0.3, 0.4) is 0 Å². The van der Waals surface area contributed by atoms with E-state index >= 15 is 0 Å². The monoisotopic (exact) mass is 246 g/mol. The Kier molecular flexibility index (Phi) is 2.43. The first kappa shape index (κ1) is 11.0. The number of hydrogen-bond donors (Lipinski definition) is 1. The fraction of sp³-hybridized carbons (Fsp3) is 0.417. The summed E-state index contributed by atoms with van der Waals surface area (Å²) in [7, 11) is 0. The minimum absolute atomic E-state index is 0.146. The highest BCUT2D eigenvalue weighted by molar-refractivity contribution is 5.66. The van der Waals surface area contributed by atoms with Gasteiger partial charge in [0.2, 0.25) is 0 Å². The number of aryl methyl sites for hydroxylation is 1. The Morgan fingerprint density at radius 2 is 2.33 bits per heavy atom. The second-order valence-corrected chi connectivity index (χ2v) is 4.52. The number of rotatable bonds is 1. The summed E-state index contributed by atoms with van der Waals surface area (Å²) in [6, 6.07) is -0.146. The first-order chi connectivity index (χ1) is 8.68. The van der Waals surface area contributed by atoms with Crippen molar-refractivity contribution in [2.45, 2.75) is 25.8 Å². The summed E-state index contributed by atoms with van der Waals surface area (Å²) in [4.78, 5) is 21.2. The summed E-state index contributed by atoms with van der Waals surface area (Å²) in [5, 5.41) is 9.19. The van der Waals surface area contributed by atoms with Gasteiger partial charge in [-0.05, 0) is 19.8 Å². The van der Waals surface area contributed by atoms with Gasteiger partial charge in [0, 0.05) is 18.9 Å². The van der Waals surface area contributed by atoms with Gasteiger partial charge in [-0.1, -0.05) is 0 Å². The number of amides is 1. The third-order valence-electron chi connectivity index (χ3n) is 3.48. The van der Waals surface area contributed by atoms with Gasteiger partial charge in [-0.25, -0.2) is 9.78 Å². The van der Waals surface area contributed by atoms with E-state index in [1.54, 1.807) is 12.4 Å². The van der Waals surface area contributed by atoms with Crippen LogP contribution in [0.2, 0.25) is 0 Å². The fourth-order valence-corrected chi connectivity index (χ4v) is 2.59. The van der Waals surface area contributed by atoms with Crippen molar-refractivity contribution in [3.05, 3.63) is 30.1 Å². The number of fused-ring (bicyclic) bond motifs is 1. The lowest BCUT2D eigenvalue weighted by atomic mass is 10.2. The lowest BCUT2D eigenvalue weighted by Gasteiger charge is -2.20. The van der Waals surface area contributed by atoms with Crippen molar-refractivity contribution in [3.8, 4) is 0 Å². The molecule has 6 heteroatoms. The predicted molar refractivity (Wildman–Crippen MR) is 64.4 cm³/mol. The molecule has 1 aliphatic rings. The minimum Gasteiger partial charge on any atom is -0.465 e. The highest BCUT2D eigenvalue weighted by atomic mass is 16.4. The van der Waals surface area contributed by atoms with E-state index in [1.165, 1.54) is 4.90 Å². The fourth-order valence-electron chi connectivity index (χ4n) is 2.59. The van der Waals surface area contributed by atoms with Crippen LogP contribution in [0.25, 0.3) is 5.52 Å². The minimum atomic E-state index is -0.875. The van der Waals surface area contributed by atoms with Crippen molar-refractivity contribution < 1.29 is 9.90 Å². The molecule has 6 nitrogen and oxygen atoms in total. The van der Waals surface area contributed by atoms with Gasteiger partial charge in [-0.3, -0.25) is 14.3 Å². The molecule has 0 radical (unpaired) electrons. The third kappa shape index (κ3) is 1.53. The first-order valence-corrected chi connectivity index (χ1v) is 5.96. The van der Waals surface area contributed by atoms with Gasteiger partial charge in [0.05, 0.1) is 23.4 Å². The van der Waals surface area contributed by atoms with Crippen molar-refractivity contribution >= 4 is 11.6 Å². The molecule has 0 aromatic carbocycles. The summed E-state index contributed by atoms with van der Waals surface area (Å²) in [6.07, 6.45) is 6.15. The highest BCUT2D eigenvalue weighted by Crippen LogP contribution is 2.31. The van der Waals surface area contributed by atoms with Crippen LogP contribution in [0.4, 0.5) is 4.79 Å². The molecule has 1 atom stereocenters. The van der Waals surface area contributed by atoms with Crippen LogP contribution in [0.1, 0.15) is 30.4 Å². The van der Waals surface area contributed by atoms with Crippen LogP contribution >= 0.6 is 0 Å². The molecular formula is C12H14N4O2. The van der Waals surface area contributed by atoms with E-state index < -0.39 is 6.09 Å². The number of aromatic nitrogens is 3. The second-order valence-electron chi connectivity index (χ2n) is 4.52. The van der Waals surface area contributed by atoms with E-state index in [9.17, 15) is 9.90 Å². The van der Waals surface area contributed by atoms with Gasteiger partial charge in [0.15, 0.2) is 0 Å². The smallest absolute Gasteiger partial charge is 0.407 e. The Balaban J connectivity index is 2.09. The maximum absolute atomic E-state index is 11.2. The summed E-state index contributed by atoms with van der Waals surface area (Å²) in [6.45, 7) is 2.50. The lowest BCUT2D eigenvalue weighted by Crippen LogP contribution is -2.29. The molecule has 0 saturated carbocycles. The lowest BCUT2D eigenvalue weighted by molar-refractivity contribution is 0.138. The van der Waals surface area contributed by atoms with E-state index in [-0.39, 0.29) is 6.04 Å². The maximum atomic E-state index is 11.2. The Morgan fingerprint density at radius 1 is 1.50 bits per heavy atom. The number of hydrogen-bond acceptors (Lipinski definition) is 3. The zero-order valence-electron chi connectivity index (χ0n) is 10.1. The average molecular weight is 246 g/mol. The van der Waals surface area contributed by atoms with Crippen LogP contribution in [0.5, 0.6) is 0 Å². The van der Waals surface area contributed by atoms with E-state index in [1.807, 2.05) is 17.5 Å². The van der Waals surface area contributed by atoms with Gasteiger partial charge >= 0.3 is 6.09 Å². The molecule has 1 fully saturated rings. The molecule has 0 spiro atoms. The average Bonchev–Trinajstić information content (AvgIpc) is 2.94. The van der Waals surface area contributed by atoms with Crippen LogP contribution in [0, 0.1) is 6.92 Å². The van der Waals surface area contributed by atoms with Crippen LogP contribution in [0.15, 0.2) is 18.6 Å². The molecule has 1 amide bonds. The normalized spacial score (nSPS) is 19.6. The molecule has 2 aromatic rings. The van der Waals surface area contributed by atoms with Crippen molar-refractivity contribution in [2.24, 2.45) is 0 Å². The Labute approximate surface area is 104 Å². The summed E-state index contributed by atoms with van der Waals surface area (Å²) >= 11 is 0. The maximum Gasteiger partial charge on any atom is 0.407 e. The Bertz CT molecular complexity index is 607. The summed E-state index contributed by atoms with van der Waals surface area (Å²) < 4.78 is 1.94. The standard InChI is InChI=1S/C12H14N4O2/c1-8-10-7-14-11(15(10)6-4-13-8)9-3-2-5-16(9)12(17)18/h4,6-7,9H,2-3,5H2,1H3,(H,17,18). The first-order valence-electron chi connectivity index (χ1n) is 5.96. The molecule has 0 aliphatic carbocycles. The number of imidazole rings is 1. The van der Waals surface area contributed by atoms with Crippen LogP contribution < -0.4 is 0 Å². The van der Waals surface area contributed by atoms with Crippen molar-refractivity contribution in [3.63, 3.8) is 0 Å². The van der Waals surface area contributed by atoms with E-state index in [0.29, 0.717) is 6.54 Å². The number of carboxylic acid groups (broad SMARTS) is 1. The molecular weight excluding hydrogens is 232 g/mol. The summed E-state index contributed by atoms with van der Waals surface area (Å²) in [5.74, 6) is 0.787. The number of carbonyl (C=O) groups is 1. The van der Waals surface area contributed by atoms with Gasteiger partial charge in [0.25, 0.3) is 0 Å². The van der Waals surface area contributed by atoms with Gasteiger partial charge in [0.1, 0.15) is 5.82 Å². The number of nitrogens with zero attached hydrogens (tertiary/aromatic N) is 4. The van der Waals surface area contributed by atoms with Crippen molar-refractivity contribution in [1.29, 1.82) is 0 Å². The molecule has 3 rings (SSSR count). The third-order valence-corrected chi connectivity index (χ3v) is 3.48. The molecule has 94 valence electrons. The summed E-state index contributed by atoms with van der Waals surface area (Å²) in [5.41, 5.74) is 1.83. The highest BCUT2D eigenvalue weighted by Gasteiger charge is 2.32. The zero-order valence-corrected chi connectivity index (χ0v) is 10.1. The number of likely N-dealkylation sites (tertiary alicyclic amines) is 1. The topological polar surface area (TPSA) is 70.7 Å². The molecule has 1 N–H and O–H groups in total. The van der Waals surface area contributed by atoms with Crippen LogP contribution in [-0.4, -0.2) is 37.0 Å². The van der Waals surface area contributed by atoms with Gasteiger partial charge < -0.3 is 5.11 Å². The predicted octanol–water partition coefficient (Wildman–Crippen LogP) is 1.85. The molecule has 2 aromatic heterocycles. The molecule has 18 heavy (non-hydrogen) atoms.